The van der Waals surface area contributed by atoms with Crippen LogP contribution in [0, 0.1) is 13.8 Å². The van der Waals surface area contributed by atoms with Crippen molar-refractivity contribution in [2.75, 3.05) is 6.54 Å². The van der Waals surface area contributed by atoms with Crippen molar-refractivity contribution in [2.45, 2.75) is 27.2 Å². The predicted molar refractivity (Wildman–Crippen MR) is 96.7 cm³/mol. The summed E-state index contributed by atoms with van der Waals surface area (Å²) in [6, 6.07) is 7.28. The van der Waals surface area contributed by atoms with Crippen molar-refractivity contribution in [3.8, 4) is 17.3 Å². The summed E-state index contributed by atoms with van der Waals surface area (Å²) in [5.74, 6) is 0.770. The van der Waals surface area contributed by atoms with E-state index in [-0.39, 0.29) is 5.91 Å². The first-order chi connectivity index (χ1) is 12.0. The number of carbonyl (C=O) groups excluding carboxylic acids is 1. The number of hydrogen-bond acceptors (Lipinski definition) is 5. The number of rotatable bonds is 5. The van der Waals surface area contributed by atoms with Crippen LogP contribution in [0.4, 0.5) is 0 Å². The summed E-state index contributed by atoms with van der Waals surface area (Å²) in [5, 5.41) is 15.3. The molecule has 0 aliphatic carbocycles. The molecular formula is C17H18BrN5O2. The molecular weight excluding hydrogens is 386 g/mol. The van der Waals surface area contributed by atoms with Crippen molar-refractivity contribution in [3.63, 3.8) is 0 Å². The second-order valence-electron chi connectivity index (χ2n) is 5.59. The Morgan fingerprint density at radius 2 is 1.96 bits per heavy atom. The van der Waals surface area contributed by atoms with Gasteiger partial charge in [-0.3, -0.25) is 4.79 Å². The first kappa shape index (κ1) is 17.3. The number of hydrogen-bond donors (Lipinski definition) is 1. The van der Waals surface area contributed by atoms with E-state index in [1.807, 2.05) is 26.0 Å². The second kappa shape index (κ2) is 7.18. The Kier molecular flexibility index (Phi) is 4.98. The number of halogens is 1. The lowest BCUT2D eigenvalue weighted by Gasteiger charge is -2.07. The first-order valence-corrected chi connectivity index (χ1v) is 8.74. The average molecular weight is 404 g/mol. The third-order valence-electron chi connectivity index (χ3n) is 3.68. The summed E-state index contributed by atoms with van der Waals surface area (Å²) in [6.07, 6.45) is 0.905. The Labute approximate surface area is 153 Å². The zero-order valence-corrected chi connectivity index (χ0v) is 15.8. The summed E-state index contributed by atoms with van der Waals surface area (Å²) >= 11 is 3.54. The molecule has 3 aromatic rings. The Morgan fingerprint density at radius 1 is 1.24 bits per heavy atom. The van der Waals surface area contributed by atoms with E-state index >= 15 is 0 Å². The van der Waals surface area contributed by atoms with Crippen molar-refractivity contribution < 1.29 is 9.21 Å². The molecule has 2 aromatic heterocycles. The lowest BCUT2D eigenvalue weighted by molar-refractivity contribution is 0.0953. The summed E-state index contributed by atoms with van der Waals surface area (Å²) in [6.45, 7) is 6.35. The fraction of sp³-hybridized carbons (Fsp3) is 0.294. The van der Waals surface area contributed by atoms with Crippen LogP contribution in [0.1, 0.15) is 35.3 Å². The molecule has 0 radical (unpaired) electrons. The molecule has 3 rings (SSSR count). The van der Waals surface area contributed by atoms with Crippen molar-refractivity contribution in [1.29, 1.82) is 0 Å². The monoisotopic (exact) mass is 403 g/mol. The third-order valence-corrected chi connectivity index (χ3v) is 4.63. The van der Waals surface area contributed by atoms with Crippen molar-refractivity contribution in [1.82, 2.24) is 25.3 Å². The van der Waals surface area contributed by atoms with Gasteiger partial charge in [-0.25, -0.2) is 4.68 Å². The number of benzene rings is 1. The van der Waals surface area contributed by atoms with Crippen LogP contribution in [0.5, 0.6) is 0 Å². The van der Waals surface area contributed by atoms with Gasteiger partial charge < -0.3 is 9.73 Å². The highest BCUT2D eigenvalue weighted by atomic mass is 79.9. The van der Waals surface area contributed by atoms with Gasteiger partial charge in [0.25, 0.3) is 11.8 Å². The molecule has 1 amide bonds. The summed E-state index contributed by atoms with van der Waals surface area (Å²) in [5.41, 5.74) is 2.94. The van der Waals surface area contributed by atoms with Crippen LogP contribution < -0.4 is 5.32 Å². The van der Waals surface area contributed by atoms with Gasteiger partial charge in [0.1, 0.15) is 0 Å². The highest BCUT2D eigenvalue weighted by molar-refractivity contribution is 9.10. The number of carbonyl (C=O) groups is 1. The zero-order chi connectivity index (χ0) is 18.0. The van der Waals surface area contributed by atoms with Crippen LogP contribution in [0.2, 0.25) is 0 Å². The van der Waals surface area contributed by atoms with Crippen LogP contribution in [0.25, 0.3) is 17.3 Å². The fourth-order valence-corrected chi connectivity index (χ4v) is 2.77. The quantitative estimate of drug-likeness (QED) is 0.704. The maximum atomic E-state index is 12.0. The SMILES string of the molecule is CCCNC(=O)c1ccc(-n2nc(-c3nnc(C)o3)c(Br)c2C)cc1. The molecule has 8 heteroatoms. The largest absolute Gasteiger partial charge is 0.420 e. The molecule has 0 saturated carbocycles. The molecule has 2 heterocycles. The second-order valence-corrected chi connectivity index (χ2v) is 6.38. The van der Waals surface area contributed by atoms with E-state index in [1.165, 1.54) is 0 Å². The molecule has 0 atom stereocenters. The summed E-state index contributed by atoms with van der Waals surface area (Å²) in [7, 11) is 0. The van der Waals surface area contributed by atoms with E-state index < -0.39 is 0 Å². The van der Waals surface area contributed by atoms with Gasteiger partial charge in [0.05, 0.1) is 15.9 Å². The Hall–Kier alpha value is -2.48. The number of aryl methyl sites for hydroxylation is 1. The number of nitrogens with zero attached hydrogens (tertiary/aromatic N) is 4. The van der Waals surface area contributed by atoms with Crippen molar-refractivity contribution >= 4 is 21.8 Å². The van der Waals surface area contributed by atoms with Gasteiger partial charge in [0, 0.05) is 19.0 Å². The van der Waals surface area contributed by atoms with E-state index in [0.29, 0.717) is 29.6 Å². The van der Waals surface area contributed by atoms with Crippen molar-refractivity contribution in [3.05, 3.63) is 45.9 Å². The van der Waals surface area contributed by atoms with Gasteiger partial charge in [-0.1, -0.05) is 6.92 Å². The van der Waals surface area contributed by atoms with Crippen LogP contribution in [0.3, 0.4) is 0 Å². The molecule has 0 aliphatic heterocycles. The van der Waals surface area contributed by atoms with Gasteiger partial charge in [-0.15, -0.1) is 10.2 Å². The van der Waals surface area contributed by atoms with Gasteiger partial charge in [0.15, 0.2) is 5.69 Å². The van der Waals surface area contributed by atoms with E-state index in [4.69, 9.17) is 4.42 Å². The van der Waals surface area contributed by atoms with Crippen molar-refractivity contribution in [2.24, 2.45) is 0 Å². The van der Waals surface area contributed by atoms with E-state index in [1.54, 1.807) is 23.7 Å². The molecule has 0 unspecified atom stereocenters. The molecule has 0 bridgehead atoms. The summed E-state index contributed by atoms with van der Waals surface area (Å²) < 4.78 is 8.02. The number of nitrogens with one attached hydrogen (secondary N) is 1. The minimum absolute atomic E-state index is 0.0752. The van der Waals surface area contributed by atoms with Crippen LogP contribution in [-0.2, 0) is 0 Å². The van der Waals surface area contributed by atoms with Gasteiger partial charge in [-0.05, 0) is 53.5 Å². The van der Waals surface area contributed by atoms with E-state index in [9.17, 15) is 4.79 Å². The standard InChI is InChI=1S/C17H18BrN5O2/c1-4-9-19-16(24)12-5-7-13(8-6-12)23-10(2)14(18)15(22-23)17-21-20-11(3)25-17/h5-8H,4,9H2,1-3H3,(H,19,24). The lowest BCUT2D eigenvalue weighted by Crippen LogP contribution is -2.23. The molecule has 130 valence electrons. The smallest absolute Gasteiger partial charge is 0.269 e. The molecule has 7 nitrogen and oxygen atoms in total. The maximum absolute atomic E-state index is 12.0. The Morgan fingerprint density at radius 3 is 2.56 bits per heavy atom. The van der Waals surface area contributed by atoms with Gasteiger partial charge in [-0.2, -0.15) is 5.10 Å². The summed E-state index contributed by atoms with van der Waals surface area (Å²) in [4.78, 5) is 12.0. The van der Waals surface area contributed by atoms with Gasteiger partial charge in [0.2, 0.25) is 5.89 Å². The number of aromatic nitrogens is 4. The average Bonchev–Trinajstić information content (AvgIpc) is 3.17. The van der Waals surface area contributed by atoms with Crippen LogP contribution in [-0.4, -0.2) is 32.4 Å². The lowest BCUT2D eigenvalue weighted by atomic mass is 10.2. The molecule has 1 N–H and O–H groups in total. The van der Waals surface area contributed by atoms with Gasteiger partial charge >= 0.3 is 0 Å². The molecule has 25 heavy (non-hydrogen) atoms. The molecule has 1 aromatic carbocycles. The third kappa shape index (κ3) is 3.48. The highest BCUT2D eigenvalue weighted by Crippen LogP contribution is 2.30. The molecule has 0 saturated heterocycles. The molecule has 0 aliphatic rings. The minimum Gasteiger partial charge on any atom is -0.420 e. The normalized spacial score (nSPS) is 10.9. The molecule has 0 spiro atoms. The molecule has 0 fully saturated rings. The van der Waals surface area contributed by atoms with Crippen LogP contribution in [0.15, 0.2) is 33.2 Å². The first-order valence-electron chi connectivity index (χ1n) is 7.95. The van der Waals surface area contributed by atoms with E-state index in [0.717, 1.165) is 22.3 Å². The Balaban J connectivity index is 1.91. The highest BCUT2D eigenvalue weighted by Gasteiger charge is 2.19. The Bertz CT molecular complexity index is 898. The maximum Gasteiger partial charge on any atom is 0.269 e. The zero-order valence-electron chi connectivity index (χ0n) is 14.2. The predicted octanol–water partition coefficient (Wildman–Crippen LogP) is 3.44. The minimum atomic E-state index is -0.0752. The van der Waals surface area contributed by atoms with E-state index in [2.05, 4.69) is 36.5 Å². The topological polar surface area (TPSA) is 85.8 Å². The fourth-order valence-electron chi connectivity index (χ4n) is 2.36. The van der Waals surface area contributed by atoms with Crippen LogP contribution >= 0.6 is 15.9 Å². The number of amides is 1.